The van der Waals surface area contributed by atoms with Gasteiger partial charge in [0.1, 0.15) is 5.82 Å². The third-order valence-electron chi connectivity index (χ3n) is 2.52. The molecule has 0 aliphatic heterocycles. The summed E-state index contributed by atoms with van der Waals surface area (Å²) < 4.78 is 13.0. The number of carboxylic acids is 1. The summed E-state index contributed by atoms with van der Waals surface area (Å²) in [6.07, 6.45) is 3.35. The minimum atomic E-state index is -0.995. The number of rotatable bonds is 3. The van der Waals surface area contributed by atoms with Crippen LogP contribution in [0.3, 0.4) is 0 Å². The van der Waals surface area contributed by atoms with Gasteiger partial charge in [-0.3, -0.25) is 4.98 Å². The molecule has 2 rings (SSSR count). The van der Waals surface area contributed by atoms with Crippen molar-refractivity contribution in [1.29, 1.82) is 0 Å². The minimum Gasteiger partial charge on any atom is -0.478 e. The lowest BCUT2D eigenvalue weighted by Gasteiger charge is -2.00. The van der Waals surface area contributed by atoms with Crippen molar-refractivity contribution >= 4 is 18.1 Å². The van der Waals surface area contributed by atoms with Gasteiger partial charge in [-0.2, -0.15) is 0 Å². The molecule has 4 heteroatoms. The van der Waals surface area contributed by atoms with Crippen molar-refractivity contribution in [2.75, 3.05) is 0 Å². The second-order valence-electron chi connectivity index (χ2n) is 4.12. The topological polar surface area (TPSA) is 50.2 Å². The lowest BCUT2D eigenvalue weighted by molar-refractivity contribution is 0.0696. The number of nitrogens with zero attached hydrogens (tertiary/aromatic N) is 1. The zero-order chi connectivity index (χ0) is 13.8. The molecule has 0 radical (unpaired) electrons. The van der Waals surface area contributed by atoms with Crippen LogP contribution in [0.4, 0.5) is 4.39 Å². The molecule has 3 nitrogen and oxygen atoms in total. The third-order valence-corrected chi connectivity index (χ3v) is 2.52. The second-order valence-corrected chi connectivity index (χ2v) is 4.12. The van der Waals surface area contributed by atoms with E-state index in [1.165, 1.54) is 24.3 Å². The summed E-state index contributed by atoms with van der Waals surface area (Å²) in [6.45, 7) is 1.73. The van der Waals surface area contributed by atoms with E-state index in [0.29, 0.717) is 17.0 Å². The first kappa shape index (κ1) is 13.0. The summed E-state index contributed by atoms with van der Waals surface area (Å²) >= 11 is 0. The van der Waals surface area contributed by atoms with Crippen LogP contribution in [0.1, 0.15) is 27.3 Å². The molecule has 0 saturated heterocycles. The van der Waals surface area contributed by atoms with Gasteiger partial charge in [-0.05, 0) is 42.8 Å². The Morgan fingerprint density at radius 1 is 1.26 bits per heavy atom. The summed E-state index contributed by atoms with van der Waals surface area (Å²) in [5.41, 5.74) is 2.03. The Kier molecular flexibility index (Phi) is 3.71. The molecular formula is C15H12FNO2. The molecule has 1 heterocycles. The zero-order valence-electron chi connectivity index (χ0n) is 10.3. The maximum Gasteiger partial charge on any atom is 0.335 e. The number of aromatic carboxylic acids is 1. The Labute approximate surface area is 110 Å². The maximum atomic E-state index is 13.0. The molecule has 1 aromatic heterocycles. The molecule has 1 N–H and O–H groups in total. The van der Waals surface area contributed by atoms with E-state index in [2.05, 4.69) is 4.98 Å². The van der Waals surface area contributed by atoms with Crippen molar-refractivity contribution in [2.45, 2.75) is 6.92 Å². The average Bonchev–Trinajstić information content (AvgIpc) is 2.36. The molecule has 0 unspecified atom stereocenters. The fourth-order valence-electron chi connectivity index (χ4n) is 1.69. The molecular weight excluding hydrogens is 245 g/mol. The molecule has 2 aromatic rings. The van der Waals surface area contributed by atoms with Crippen molar-refractivity contribution in [1.82, 2.24) is 4.98 Å². The first-order chi connectivity index (χ1) is 9.04. The normalized spacial score (nSPS) is 10.8. The van der Waals surface area contributed by atoms with E-state index in [-0.39, 0.29) is 11.4 Å². The molecule has 19 heavy (non-hydrogen) atoms. The van der Waals surface area contributed by atoms with Gasteiger partial charge in [0, 0.05) is 5.69 Å². The molecule has 96 valence electrons. The van der Waals surface area contributed by atoms with Crippen LogP contribution in [0.5, 0.6) is 0 Å². The number of halogens is 1. The Balaban J connectivity index is 2.30. The van der Waals surface area contributed by atoms with E-state index in [9.17, 15) is 9.18 Å². The highest BCUT2D eigenvalue weighted by molar-refractivity contribution is 5.88. The van der Waals surface area contributed by atoms with Crippen molar-refractivity contribution in [3.8, 4) is 0 Å². The van der Waals surface area contributed by atoms with E-state index in [4.69, 9.17) is 5.11 Å². The first-order valence-electron chi connectivity index (χ1n) is 5.70. The number of carbonyl (C=O) groups is 1. The van der Waals surface area contributed by atoms with E-state index < -0.39 is 5.97 Å². The summed E-state index contributed by atoms with van der Waals surface area (Å²) in [7, 11) is 0. The van der Waals surface area contributed by atoms with E-state index in [1.54, 1.807) is 31.2 Å². The highest BCUT2D eigenvalue weighted by Gasteiger charge is 2.04. The van der Waals surface area contributed by atoms with Gasteiger partial charge in [0.05, 0.1) is 11.3 Å². The van der Waals surface area contributed by atoms with Crippen LogP contribution in [0.2, 0.25) is 0 Å². The Bertz CT molecular complexity index is 650. The van der Waals surface area contributed by atoms with Gasteiger partial charge in [-0.15, -0.1) is 0 Å². The largest absolute Gasteiger partial charge is 0.478 e. The fourth-order valence-corrected chi connectivity index (χ4v) is 1.69. The number of aromatic nitrogens is 1. The molecule has 0 saturated carbocycles. The van der Waals surface area contributed by atoms with Gasteiger partial charge < -0.3 is 5.11 Å². The Morgan fingerprint density at radius 3 is 2.74 bits per heavy atom. The fraction of sp³-hybridized carbons (Fsp3) is 0.0667. The van der Waals surface area contributed by atoms with Gasteiger partial charge >= 0.3 is 5.97 Å². The highest BCUT2D eigenvalue weighted by atomic mass is 19.1. The predicted molar refractivity (Wildman–Crippen MR) is 71.3 cm³/mol. The van der Waals surface area contributed by atoms with Crippen LogP contribution < -0.4 is 0 Å². The monoisotopic (exact) mass is 257 g/mol. The molecule has 0 aliphatic carbocycles. The number of carboxylic acid groups (broad SMARTS) is 1. The molecule has 0 bridgehead atoms. The van der Waals surface area contributed by atoms with Crippen molar-refractivity contribution in [3.05, 3.63) is 64.7 Å². The maximum absolute atomic E-state index is 13.0. The number of aryl methyl sites for hydroxylation is 1. The summed E-state index contributed by atoms with van der Waals surface area (Å²) in [4.78, 5) is 15.1. The highest BCUT2D eigenvalue weighted by Crippen LogP contribution is 2.11. The predicted octanol–water partition coefficient (Wildman–Crippen LogP) is 3.40. The average molecular weight is 257 g/mol. The molecule has 0 atom stereocenters. The van der Waals surface area contributed by atoms with Gasteiger partial charge in [-0.25, -0.2) is 9.18 Å². The van der Waals surface area contributed by atoms with Crippen LogP contribution in [0, 0.1) is 12.7 Å². The number of hydrogen-bond acceptors (Lipinski definition) is 2. The zero-order valence-corrected chi connectivity index (χ0v) is 10.3. The van der Waals surface area contributed by atoms with Crippen molar-refractivity contribution in [2.24, 2.45) is 0 Å². The lowest BCUT2D eigenvalue weighted by atomic mass is 10.1. The Morgan fingerprint density at radius 2 is 2.05 bits per heavy atom. The van der Waals surface area contributed by atoms with Crippen LogP contribution >= 0.6 is 0 Å². The quantitative estimate of drug-likeness (QED) is 0.916. The van der Waals surface area contributed by atoms with Crippen molar-refractivity contribution < 1.29 is 14.3 Å². The standard InChI is InChI=1S/C15H12FNO2/c1-10-7-12(15(18)19)9-14(17-10)6-5-11-3-2-4-13(16)8-11/h2-9H,1H3,(H,18,19). The summed E-state index contributed by atoms with van der Waals surface area (Å²) in [5, 5.41) is 8.95. The van der Waals surface area contributed by atoms with Crippen LogP contribution in [-0.2, 0) is 0 Å². The number of hydrogen-bond donors (Lipinski definition) is 1. The van der Waals surface area contributed by atoms with Gasteiger partial charge in [-0.1, -0.05) is 18.2 Å². The van der Waals surface area contributed by atoms with E-state index in [0.717, 1.165) is 0 Å². The molecule has 0 fully saturated rings. The minimum absolute atomic E-state index is 0.186. The van der Waals surface area contributed by atoms with E-state index in [1.807, 2.05) is 0 Å². The van der Waals surface area contributed by atoms with Gasteiger partial charge in [0.25, 0.3) is 0 Å². The molecule has 1 aromatic carbocycles. The SMILES string of the molecule is Cc1cc(C(=O)O)cc(C=Cc2cccc(F)c2)n1. The molecule has 0 amide bonds. The number of benzene rings is 1. The van der Waals surface area contributed by atoms with Gasteiger partial charge in [0.2, 0.25) is 0 Å². The Hall–Kier alpha value is -2.49. The van der Waals surface area contributed by atoms with Crippen LogP contribution in [0.25, 0.3) is 12.2 Å². The number of pyridine rings is 1. The van der Waals surface area contributed by atoms with Crippen LogP contribution in [-0.4, -0.2) is 16.1 Å². The van der Waals surface area contributed by atoms with E-state index >= 15 is 0 Å². The lowest BCUT2D eigenvalue weighted by Crippen LogP contribution is -1.99. The van der Waals surface area contributed by atoms with Crippen molar-refractivity contribution in [3.63, 3.8) is 0 Å². The summed E-state index contributed by atoms with van der Waals surface area (Å²) in [6, 6.07) is 9.11. The smallest absolute Gasteiger partial charge is 0.335 e. The third kappa shape index (κ3) is 3.48. The summed E-state index contributed by atoms with van der Waals surface area (Å²) in [5.74, 6) is -1.31. The molecule has 0 spiro atoms. The van der Waals surface area contributed by atoms with Crippen LogP contribution in [0.15, 0.2) is 36.4 Å². The van der Waals surface area contributed by atoms with Gasteiger partial charge in [0.15, 0.2) is 0 Å². The molecule has 0 aliphatic rings. The first-order valence-corrected chi connectivity index (χ1v) is 5.70. The second kappa shape index (κ2) is 5.44.